The van der Waals surface area contributed by atoms with Gasteiger partial charge in [0.1, 0.15) is 6.10 Å². The standard InChI is InChI=1S/C8H18O3/c1-4-5-6-7(9)8(10-2)11-3/h7-9H,4-6H2,1-3H3/t7-/m1/s1. The van der Waals surface area contributed by atoms with Crippen molar-refractivity contribution in [3.63, 3.8) is 0 Å². The molecule has 1 atom stereocenters. The van der Waals surface area contributed by atoms with Crippen molar-refractivity contribution >= 4 is 0 Å². The number of aliphatic hydroxyl groups excluding tert-OH is 1. The third-order valence-corrected chi connectivity index (χ3v) is 1.63. The lowest BCUT2D eigenvalue weighted by Gasteiger charge is -2.19. The van der Waals surface area contributed by atoms with Gasteiger partial charge < -0.3 is 14.6 Å². The number of unbranched alkanes of at least 4 members (excludes halogenated alkanes) is 1. The molecule has 0 rings (SSSR count). The highest BCUT2D eigenvalue weighted by Gasteiger charge is 2.16. The van der Waals surface area contributed by atoms with E-state index in [4.69, 9.17) is 9.47 Å². The van der Waals surface area contributed by atoms with E-state index in [1.165, 1.54) is 14.2 Å². The molecule has 0 fully saturated rings. The molecule has 0 aromatic heterocycles. The smallest absolute Gasteiger partial charge is 0.182 e. The Morgan fingerprint density at radius 2 is 1.82 bits per heavy atom. The second-order valence-electron chi connectivity index (χ2n) is 2.55. The van der Waals surface area contributed by atoms with E-state index in [1.807, 2.05) is 0 Å². The minimum atomic E-state index is -0.495. The molecular weight excluding hydrogens is 144 g/mol. The Morgan fingerprint density at radius 1 is 1.27 bits per heavy atom. The molecule has 0 saturated carbocycles. The molecule has 68 valence electrons. The zero-order valence-corrected chi connectivity index (χ0v) is 7.54. The van der Waals surface area contributed by atoms with E-state index in [1.54, 1.807) is 0 Å². The van der Waals surface area contributed by atoms with Gasteiger partial charge >= 0.3 is 0 Å². The summed E-state index contributed by atoms with van der Waals surface area (Å²) >= 11 is 0. The highest BCUT2D eigenvalue weighted by molar-refractivity contribution is 4.58. The molecule has 0 heterocycles. The summed E-state index contributed by atoms with van der Waals surface area (Å²) in [5.74, 6) is 0. The second kappa shape index (κ2) is 6.58. The molecule has 0 aliphatic heterocycles. The van der Waals surface area contributed by atoms with Crippen molar-refractivity contribution in [3.8, 4) is 0 Å². The molecule has 0 spiro atoms. The molecule has 0 unspecified atom stereocenters. The third kappa shape index (κ3) is 4.35. The van der Waals surface area contributed by atoms with Gasteiger partial charge in [0, 0.05) is 14.2 Å². The van der Waals surface area contributed by atoms with Gasteiger partial charge in [-0.3, -0.25) is 0 Å². The predicted molar refractivity (Wildman–Crippen MR) is 43.3 cm³/mol. The summed E-state index contributed by atoms with van der Waals surface area (Å²) in [7, 11) is 3.06. The first-order valence-electron chi connectivity index (χ1n) is 3.99. The lowest BCUT2D eigenvalue weighted by Crippen LogP contribution is -2.29. The average Bonchev–Trinajstić information content (AvgIpc) is 2.03. The SMILES string of the molecule is CCCC[C@@H](O)C(OC)OC. The van der Waals surface area contributed by atoms with Crippen LogP contribution in [-0.4, -0.2) is 31.7 Å². The molecule has 0 saturated heterocycles. The van der Waals surface area contributed by atoms with Crippen molar-refractivity contribution in [1.29, 1.82) is 0 Å². The minimum absolute atomic E-state index is 0.471. The van der Waals surface area contributed by atoms with Crippen LogP contribution in [0.4, 0.5) is 0 Å². The van der Waals surface area contributed by atoms with E-state index >= 15 is 0 Å². The molecule has 3 nitrogen and oxygen atoms in total. The topological polar surface area (TPSA) is 38.7 Å². The Morgan fingerprint density at radius 3 is 2.18 bits per heavy atom. The first kappa shape index (κ1) is 10.9. The molecule has 0 aromatic carbocycles. The number of ether oxygens (including phenoxy) is 2. The van der Waals surface area contributed by atoms with E-state index in [2.05, 4.69) is 6.92 Å². The molecule has 0 aliphatic carbocycles. The van der Waals surface area contributed by atoms with Gasteiger partial charge in [-0.05, 0) is 6.42 Å². The summed E-state index contributed by atoms with van der Waals surface area (Å²) in [6, 6.07) is 0. The number of methoxy groups -OCH3 is 2. The number of hydrogen-bond donors (Lipinski definition) is 1. The summed E-state index contributed by atoms with van der Waals surface area (Å²) in [5, 5.41) is 9.39. The molecule has 1 N–H and O–H groups in total. The van der Waals surface area contributed by atoms with Crippen LogP contribution < -0.4 is 0 Å². The highest BCUT2D eigenvalue weighted by atomic mass is 16.7. The molecule has 0 amide bonds. The fourth-order valence-corrected chi connectivity index (χ4v) is 0.960. The Labute approximate surface area is 68.3 Å². The minimum Gasteiger partial charge on any atom is -0.388 e. The lowest BCUT2D eigenvalue weighted by molar-refractivity contribution is -0.165. The zero-order chi connectivity index (χ0) is 8.69. The Hall–Kier alpha value is -0.120. The Kier molecular flexibility index (Phi) is 6.51. The van der Waals surface area contributed by atoms with Crippen LogP contribution in [0, 0.1) is 0 Å². The quantitative estimate of drug-likeness (QED) is 0.595. The number of hydrogen-bond acceptors (Lipinski definition) is 3. The van der Waals surface area contributed by atoms with Gasteiger partial charge in [0.05, 0.1) is 0 Å². The fourth-order valence-electron chi connectivity index (χ4n) is 0.960. The van der Waals surface area contributed by atoms with Gasteiger partial charge in [0.2, 0.25) is 0 Å². The maximum atomic E-state index is 9.39. The van der Waals surface area contributed by atoms with E-state index in [0.717, 1.165) is 19.3 Å². The Bertz CT molecular complexity index is 81.4. The fraction of sp³-hybridized carbons (Fsp3) is 1.00. The third-order valence-electron chi connectivity index (χ3n) is 1.63. The van der Waals surface area contributed by atoms with Crippen molar-refractivity contribution in [3.05, 3.63) is 0 Å². The summed E-state index contributed by atoms with van der Waals surface area (Å²) in [4.78, 5) is 0. The maximum absolute atomic E-state index is 9.39. The average molecular weight is 162 g/mol. The Balaban J connectivity index is 3.51. The van der Waals surface area contributed by atoms with Crippen molar-refractivity contribution in [2.45, 2.75) is 38.6 Å². The van der Waals surface area contributed by atoms with Gasteiger partial charge in [0.15, 0.2) is 6.29 Å². The number of rotatable bonds is 6. The van der Waals surface area contributed by atoms with Crippen molar-refractivity contribution in [2.24, 2.45) is 0 Å². The van der Waals surface area contributed by atoms with Crippen LogP contribution in [0.25, 0.3) is 0 Å². The van der Waals surface area contributed by atoms with Gasteiger partial charge in [0.25, 0.3) is 0 Å². The first-order chi connectivity index (χ1) is 5.26. The molecular formula is C8H18O3. The molecule has 3 heteroatoms. The number of aliphatic hydroxyl groups is 1. The van der Waals surface area contributed by atoms with Crippen LogP contribution in [0.1, 0.15) is 26.2 Å². The van der Waals surface area contributed by atoms with E-state index in [9.17, 15) is 5.11 Å². The summed E-state index contributed by atoms with van der Waals surface area (Å²) < 4.78 is 9.77. The molecule has 11 heavy (non-hydrogen) atoms. The van der Waals surface area contributed by atoms with E-state index < -0.39 is 12.4 Å². The summed E-state index contributed by atoms with van der Waals surface area (Å²) in [6.07, 6.45) is 1.86. The second-order valence-corrected chi connectivity index (χ2v) is 2.55. The molecule has 0 aliphatic rings. The predicted octanol–water partition coefficient (Wildman–Crippen LogP) is 1.16. The normalized spacial score (nSPS) is 13.9. The van der Waals surface area contributed by atoms with Gasteiger partial charge in [-0.1, -0.05) is 19.8 Å². The van der Waals surface area contributed by atoms with Crippen LogP contribution >= 0.6 is 0 Å². The maximum Gasteiger partial charge on any atom is 0.182 e. The lowest BCUT2D eigenvalue weighted by atomic mass is 10.1. The van der Waals surface area contributed by atoms with Crippen LogP contribution in [0.5, 0.6) is 0 Å². The van der Waals surface area contributed by atoms with Crippen molar-refractivity contribution in [2.75, 3.05) is 14.2 Å². The summed E-state index contributed by atoms with van der Waals surface area (Å²) in [5.41, 5.74) is 0. The van der Waals surface area contributed by atoms with Crippen molar-refractivity contribution < 1.29 is 14.6 Å². The van der Waals surface area contributed by atoms with Gasteiger partial charge in [-0.15, -0.1) is 0 Å². The summed E-state index contributed by atoms with van der Waals surface area (Å²) in [6.45, 7) is 2.08. The van der Waals surface area contributed by atoms with E-state index in [0.29, 0.717) is 0 Å². The highest BCUT2D eigenvalue weighted by Crippen LogP contribution is 2.07. The van der Waals surface area contributed by atoms with Crippen LogP contribution in [0.15, 0.2) is 0 Å². The van der Waals surface area contributed by atoms with Crippen LogP contribution in [-0.2, 0) is 9.47 Å². The van der Waals surface area contributed by atoms with Gasteiger partial charge in [-0.2, -0.15) is 0 Å². The molecule has 0 bridgehead atoms. The van der Waals surface area contributed by atoms with Crippen LogP contribution in [0.2, 0.25) is 0 Å². The van der Waals surface area contributed by atoms with E-state index in [-0.39, 0.29) is 0 Å². The zero-order valence-electron chi connectivity index (χ0n) is 7.54. The largest absolute Gasteiger partial charge is 0.388 e. The molecule has 0 aromatic rings. The monoisotopic (exact) mass is 162 g/mol. The first-order valence-corrected chi connectivity index (χ1v) is 3.99. The van der Waals surface area contributed by atoms with Crippen molar-refractivity contribution in [1.82, 2.24) is 0 Å². The van der Waals surface area contributed by atoms with Crippen LogP contribution in [0.3, 0.4) is 0 Å². The molecule has 0 radical (unpaired) electrons. The van der Waals surface area contributed by atoms with Gasteiger partial charge in [-0.25, -0.2) is 0 Å².